The summed E-state index contributed by atoms with van der Waals surface area (Å²) >= 11 is 1.55. The molecule has 4 heterocycles. The van der Waals surface area contributed by atoms with E-state index in [9.17, 15) is 38.3 Å². The maximum atomic E-state index is 15.6. The van der Waals surface area contributed by atoms with Gasteiger partial charge in [-0.2, -0.15) is 0 Å². The topological polar surface area (TPSA) is 237 Å². The number of hydrogen-bond acceptors (Lipinski definition) is 14. The molecule has 0 spiro atoms. The summed E-state index contributed by atoms with van der Waals surface area (Å²) in [7, 11) is 2.05. The van der Waals surface area contributed by atoms with Crippen LogP contribution in [0.1, 0.15) is 78.6 Å². The van der Waals surface area contributed by atoms with E-state index in [2.05, 4.69) is 54.9 Å². The molecule has 424 valence electrons. The number of carbonyl (C=O) groups excluding carboxylic acids is 5. The van der Waals surface area contributed by atoms with Crippen molar-refractivity contribution in [3.8, 4) is 21.6 Å². The van der Waals surface area contributed by atoms with E-state index in [1.54, 1.807) is 55.8 Å². The first-order valence-corrected chi connectivity index (χ1v) is 27.2. The quantitative estimate of drug-likeness (QED) is 0.0447. The summed E-state index contributed by atoms with van der Waals surface area (Å²) in [6.45, 7) is 12.5. The number of benzene rings is 3. The van der Waals surface area contributed by atoms with E-state index in [1.807, 2.05) is 38.2 Å². The zero-order chi connectivity index (χ0) is 57.0. The zero-order valence-electron chi connectivity index (χ0n) is 45.7. The van der Waals surface area contributed by atoms with Gasteiger partial charge in [-0.05, 0) is 80.3 Å². The molecule has 0 saturated carbocycles. The van der Waals surface area contributed by atoms with Gasteiger partial charge in [-0.3, -0.25) is 33.7 Å². The van der Waals surface area contributed by atoms with Crippen LogP contribution in [0.25, 0.3) is 21.6 Å². The first kappa shape index (κ1) is 59.7. The molecule has 0 radical (unpaired) electrons. The minimum absolute atomic E-state index is 0.0505. The number of ether oxygens (including phenoxy) is 3. The van der Waals surface area contributed by atoms with Gasteiger partial charge in [-0.15, -0.1) is 11.3 Å². The van der Waals surface area contributed by atoms with Crippen molar-refractivity contribution in [3.63, 3.8) is 0 Å². The van der Waals surface area contributed by atoms with Gasteiger partial charge >= 0.3 is 0 Å². The molecule has 7 rings (SSSR count). The molecule has 0 aliphatic carbocycles. The summed E-state index contributed by atoms with van der Waals surface area (Å²) in [5.74, 6) is -3.16. The Hall–Kier alpha value is -6.95. The van der Waals surface area contributed by atoms with Crippen molar-refractivity contribution in [2.24, 2.45) is 5.41 Å². The van der Waals surface area contributed by atoms with Crippen molar-refractivity contribution in [1.82, 2.24) is 35.7 Å². The molecule has 6 N–H and O–H groups in total. The van der Waals surface area contributed by atoms with Gasteiger partial charge in [0, 0.05) is 80.2 Å². The van der Waals surface area contributed by atoms with Crippen molar-refractivity contribution in [1.29, 1.82) is 0 Å². The molecule has 2 saturated heterocycles. The van der Waals surface area contributed by atoms with E-state index >= 15 is 4.39 Å². The number of anilines is 2. The van der Waals surface area contributed by atoms with Crippen LogP contribution in [0.15, 0.2) is 83.2 Å². The van der Waals surface area contributed by atoms with Crippen LogP contribution < -0.4 is 31.7 Å². The van der Waals surface area contributed by atoms with Crippen LogP contribution in [0, 0.1) is 18.2 Å². The van der Waals surface area contributed by atoms with Gasteiger partial charge in [-0.25, -0.2) is 13.8 Å². The monoisotopic (exact) mass is 1110 g/mol. The summed E-state index contributed by atoms with van der Waals surface area (Å²) in [6, 6.07) is 16.3. The van der Waals surface area contributed by atoms with Crippen molar-refractivity contribution < 1.29 is 52.1 Å². The Bertz CT molecular complexity index is 2990. The molecule has 5 aromatic rings. The molecule has 2 aromatic heterocycles. The first-order valence-electron chi connectivity index (χ1n) is 26.3. The van der Waals surface area contributed by atoms with Gasteiger partial charge in [0.25, 0.3) is 11.8 Å². The number of aromatic nitrogens is 2. The molecule has 5 amide bonds. The smallest absolute Gasteiger partial charge is 0.257 e. The van der Waals surface area contributed by atoms with Crippen LogP contribution in [0.4, 0.5) is 20.2 Å². The van der Waals surface area contributed by atoms with Crippen molar-refractivity contribution in [2.75, 3.05) is 83.1 Å². The highest BCUT2D eigenvalue weighted by atomic mass is 32.1. The summed E-state index contributed by atoms with van der Waals surface area (Å²) < 4.78 is 46.2. The SMILES string of the molecule is Cc1ncsc1-c1ccc(CNC(=O)[C@@H]2C[C@@H](O)CN2C(=O)[C@@H](NC(=O)COCCOCCOCCNC(=O)c2ccc(F)c(-c3ccc(N4C[C@@H](C)N(C)[C@@H](C)C4)c(NC(=O)c4c[nH]c(=O)cc4CF)c3)c2)C(C)(C)C)cc1. The third-order valence-electron chi connectivity index (χ3n) is 14.1. The molecule has 22 heteroatoms. The number of rotatable bonds is 23. The molecule has 5 atom stereocenters. The van der Waals surface area contributed by atoms with E-state index in [1.165, 1.54) is 23.1 Å². The maximum absolute atomic E-state index is 15.6. The standard InChI is InChI=1S/C57H71F2N9O10S/c1-34-29-67(30-35(2)66(34)7)47-15-13-39(23-46(47)64-54(73)44-28-61-49(70)24-41(44)26-58)43-22-40(12-14-45(43)59)53(72)60-16-17-76-18-19-77-20-21-78-32-50(71)65-52(57(4,5)6)56(75)68-31-42(69)25-48(68)55(74)62-27-37-8-10-38(11-9-37)51-36(3)63-33-79-51/h8-15,22-24,28,33-35,42,48,52,69H,16-21,25-27,29-32H2,1-7H3,(H,60,72)(H,61,70)(H,62,74)(H,64,73)(H,65,71)/t34-,35+,42-,48+,52-/m1/s1. The normalized spacial score (nSPS) is 18.1. The Labute approximate surface area is 462 Å². The van der Waals surface area contributed by atoms with Gasteiger partial charge in [0.2, 0.25) is 23.3 Å². The number of likely N-dealkylation sites (N-methyl/N-ethyl adjacent to an activating group) is 1. The Morgan fingerprint density at radius 3 is 2.23 bits per heavy atom. The van der Waals surface area contributed by atoms with E-state index < -0.39 is 71.2 Å². The number of piperazine rings is 1. The lowest BCUT2D eigenvalue weighted by Crippen LogP contribution is -2.58. The fraction of sp³-hybridized carbons (Fsp3) is 0.456. The molecule has 3 aromatic carbocycles. The summed E-state index contributed by atoms with van der Waals surface area (Å²) in [5.41, 5.74) is 4.89. The summed E-state index contributed by atoms with van der Waals surface area (Å²) in [5, 5.41) is 21.9. The molecule has 0 unspecified atom stereocenters. The number of hydrogen-bond donors (Lipinski definition) is 6. The first-order chi connectivity index (χ1) is 37.7. The van der Waals surface area contributed by atoms with E-state index in [0.29, 0.717) is 30.0 Å². The van der Waals surface area contributed by atoms with Crippen LogP contribution in [0.3, 0.4) is 0 Å². The highest BCUT2D eigenvalue weighted by Crippen LogP contribution is 2.36. The number of carbonyl (C=O) groups is 5. The van der Waals surface area contributed by atoms with Crippen molar-refractivity contribution in [3.05, 3.63) is 123 Å². The number of nitrogens with one attached hydrogen (secondary N) is 5. The number of halogens is 2. The fourth-order valence-electron chi connectivity index (χ4n) is 9.52. The number of alkyl halides is 1. The lowest BCUT2D eigenvalue weighted by atomic mass is 9.85. The third-order valence-corrected chi connectivity index (χ3v) is 15.1. The van der Waals surface area contributed by atoms with Gasteiger partial charge in [0.05, 0.1) is 72.2 Å². The number of aliphatic hydroxyl groups is 1. The second-order valence-corrected chi connectivity index (χ2v) is 21.9. The number of nitrogens with zero attached hydrogens (tertiary/aromatic N) is 4. The molecule has 2 aliphatic rings. The Balaban J connectivity index is 0.825. The zero-order valence-corrected chi connectivity index (χ0v) is 46.5. The van der Waals surface area contributed by atoms with E-state index in [-0.39, 0.29) is 100 Å². The average Bonchev–Trinajstić information content (AvgIpc) is 4.09. The van der Waals surface area contributed by atoms with Gasteiger partial charge in [0.1, 0.15) is 31.2 Å². The fourth-order valence-corrected chi connectivity index (χ4v) is 10.3. The maximum Gasteiger partial charge on any atom is 0.257 e. The average molecular weight is 1110 g/mol. The molecular formula is C57H71F2N9O10S. The highest BCUT2D eigenvalue weighted by Gasteiger charge is 2.44. The minimum Gasteiger partial charge on any atom is -0.391 e. The molecule has 2 aliphatic heterocycles. The summed E-state index contributed by atoms with van der Waals surface area (Å²) in [6.07, 6.45) is 0.315. The van der Waals surface area contributed by atoms with Crippen LogP contribution in [0.2, 0.25) is 0 Å². The number of H-pyrrole nitrogens is 1. The van der Waals surface area contributed by atoms with Crippen LogP contribution >= 0.6 is 11.3 Å². The number of β-amino-alcohol motifs (C(OH)–C–C–N with tert-alkyl or cyclic N) is 1. The molecule has 79 heavy (non-hydrogen) atoms. The number of likely N-dealkylation sites (tertiary alicyclic amines) is 1. The van der Waals surface area contributed by atoms with Gasteiger partial charge in [0.15, 0.2) is 0 Å². The molecule has 2 fully saturated rings. The lowest BCUT2D eigenvalue weighted by molar-refractivity contribution is -0.144. The molecule has 0 bridgehead atoms. The lowest BCUT2D eigenvalue weighted by Gasteiger charge is -2.44. The summed E-state index contributed by atoms with van der Waals surface area (Å²) in [4.78, 5) is 92.8. The van der Waals surface area contributed by atoms with E-state index in [0.717, 1.165) is 34.0 Å². The van der Waals surface area contributed by atoms with Gasteiger partial charge < -0.3 is 55.4 Å². The number of aryl methyl sites for hydroxylation is 1. The molecule has 19 nitrogen and oxygen atoms in total. The molecular weight excluding hydrogens is 1040 g/mol. The second kappa shape index (κ2) is 27.3. The van der Waals surface area contributed by atoms with Crippen LogP contribution in [0.5, 0.6) is 0 Å². The van der Waals surface area contributed by atoms with Gasteiger partial charge in [-0.1, -0.05) is 51.1 Å². The minimum atomic E-state index is -1.03. The number of amides is 5. The van der Waals surface area contributed by atoms with Crippen molar-refractivity contribution >= 4 is 52.2 Å². The number of pyridine rings is 1. The van der Waals surface area contributed by atoms with Crippen LogP contribution in [-0.4, -0.2) is 158 Å². The highest BCUT2D eigenvalue weighted by molar-refractivity contribution is 7.13. The number of thiazole rings is 1. The predicted molar refractivity (Wildman–Crippen MR) is 297 cm³/mol. The van der Waals surface area contributed by atoms with Crippen LogP contribution in [-0.2, 0) is 41.8 Å². The van der Waals surface area contributed by atoms with E-state index in [4.69, 9.17) is 14.2 Å². The number of aromatic amines is 1. The van der Waals surface area contributed by atoms with Crippen molar-refractivity contribution in [2.45, 2.75) is 91.5 Å². The number of aliphatic hydroxyl groups excluding tert-OH is 1. The predicted octanol–water partition coefficient (Wildman–Crippen LogP) is 5.45. The Morgan fingerprint density at radius 2 is 1.56 bits per heavy atom. The third kappa shape index (κ3) is 15.7. The second-order valence-electron chi connectivity index (χ2n) is 21.0. The Kier molecular flexibility index (Phi) is 20.6. The largest absolute Gasteiger partial charge is 0.391 e. The Morgan fingerprint density at radius 1 is 0.873 bits per heavy atom.